The van der Waals surface area contributed by atoms with E-state index in [-0.39, 0.29) is 17.4 Å². The SMILES string of the molecule is Cc1c(O)c(-c2ccc3c(=O)n(C4CCNCC4)ccc3n2)cc2cn(C)nc12. The van der Waals surface area contributed by atoms with E-state index in [9.17, 15) is 9.90 Å². The summed E-state index contributed by atoms with van der Waals surface area (Å²) < 4.78 is 3.58. The zero-order valence-electron chi connectivity index (χ0n) is 16.5. The normalized spacial score (nSPS) is 15.4. The first-order chi connectivity index (χ1) is 14.0. The minimum absolute atomic E-state index is 0.00318. The Morgan fingerprint density at radius 2 is 2.00 bits per heavy atom. The third kappa shape index (κ3) is 2.89. The Bertz CT molecular complexity index is 1300. The van der Waals surface area contributed by atoms with Gasteiger partial charge in [-0.05, 0) is 57.1 Å². The molecule has 0 saturated carbocycles. The van der Waals surface area contributed by atoms with Crippen molar-refractivity contribution >= 4 is 21.8 Å². The van der Waals surface area contributed by atoms with E-state index in [4.69, 9.17) is 4.98 Å². The summed E-state index contributed by atoms with van der Waals surface area (Å²) >= 11 is 0. The zero-order chi connectivity index (χ0) is 20.1. The molecule has 7 nitrogen and oxygen atoms in total. The molecule has 0 aliphatic carbocycles. The maximum Gasteiger partial charge on any atom is 0.260 e. The summed E-state index contributed by atoms with van der Waals surface area (Å²) in [6, 6.07) is 7.66. The lowest BCUT2D eigenvalue weighted by atomic mass is 10.0. The van der Waals surface area contributed by atoms with Gasteiger partial charge >= 0.3 is 0 Å². The highest BCUT2D eigenvalue weighted by Crippen LogP contribution is 2.36. The van der Waals surface area contributed by atoms with Crippen LogP contribution in [-0.4, -0.2) is 37.5 Å². The highest BCUT2D eigenvalue weighted by atomic mass is 16.3. The van der Waals surface area contributed by atoms with E-state index in [0.29, 0.717) is 22.2 Å². The second kappa shape index (κ2) is 6.70. The molecular weight excluding hydrogens is 366 g/mol. The Hall–Kier alpha value is -3.19. The summed E-state index contributed by atoms with van der Waals surface area (Å²) in [6.45, 7) is 3.72. The average Bonchev–Trinajstić information content (AvgIpc) is 3.12. The van der Waals surface area contributed by atoms with Crippen molar-refractivity contribution in [3.63, 3.8) is 0 Å². The van der Waals surface area contributed by atoms with Gasteiger partial charge in [0.2, 0.25) is 0 Å². The quantitative estimate of drug-likeness (QED) is 0.551. The maximum atomic E-state index is 13.0. The second-order valence-electron chi connectivity index (χ2n) is 7.78. The van der Waals surface area contributed by atoms with Crippen molar-refractivity contribution in [3.05, 3.63) is 52.6 Å². The molecule has 0 amide bonds. The van der Waals surface area contributed by atoms with Gasteiger partial charge in [-0.25, -0.2) is 4.98 Å². The Morgan fingerprint density at radius 1 is 1.21 bits per heavy atom. The van der Waals surface area contributed by atoms with Crippen LogP contribution < -0.4 is 10.9 Å². The number of fused-ring (bicyclic) bond motifs is 2. The highest BCUT2D eigenvalue weighted by molar-refractivity contribution is 5.91. The lowest BCUT2D eigenvalue weighted by molar-refractivity contribution is 0.362. The lowest BCUT2D eigenvalue weighted by Gasteiger charge is -2.24. The summed E-state index contributed by atoms with van der Waals surface area (Å²) in [7, 11) is 1.86. The number of aromatic hydroxyl groups is 1. The van der Waals surface area contributed by atoms with E-state index in [1.165, 1.54) is 0 Å². The standard InChI is InChI=1S/C22H23N5O2/c1-13-20-14(12-26(2)25-20)11-17(21(13)28)18-4-3-16-19(24-18)7-10-27(22(16)29)15-5-8-23-9-6-15/h3-4,7,10-12,15,23,28H,5-6,8-9H2,1-2H3. The molecular formula is C22H23N5O2. The number of aromatic nitrogens is 4. The number of hydrogen-bond donors (Lipinski definition) is 2. The predicted octanol–water partition coefficient (Wildman–Crippen LogP) is 2.89. The van der Waals surface area contributed by atoms with E-state index in [2.05, 4.69) is 10.4 Å². The molecule has 4 heterocycles. The van der Waals surface area contributed by atoms with Gasteiger partial charge in [-0.15, -0.1) is 0 Å². The lowest BCUT2D eigenvalue weighted by Crippen LogP contribution is -2.34. The van der Waals surface area contributed by atoms with Crippen molar-refractivity contribution in [1.82, 2.24) is 24.6 Å². The number of hydrogen-bond acceptors (Lipinski definition) is 5. The third-order valence-corrected chi connectivity index (χ3v) is 5.88. The van der Waals surface area contributed by atoms with Crippen LogP contribution in [0.5, 0.6) is 5.75 Å². The van der Waals surface area contributed by atoms with Crippen LogP contribution in [0.4, 0.5) is 0 Å². The van der Waals surface area contributed by atoms with Crippen LogP contribution in [0.25, 0.3) is 33.1 Å². The van der Waals surface area contributed by atoms with Crippen molar-refractivity contribution in [2.75, 3.05) is 13.1 Å². The molecule has 0 spiro atoms. The first-order valence-corrected chi connectivity index (χ1v) is 9.92. The number of piperidine rings is 1. The van der Waals surface area contributed by atoms with Crippen molar-refractivity contribution in [3.8, 4) is 17.0 Å². The van der Waals surface area contributed by atoms with Gasteiger partial charge in [0.05, 0.1) is 22.1 Å². The molecule has 1 fully saturated rings. The Kier molecular flexibility index (Phi) is 4.13. The van der Waals surface area contributed by atoms with E-state index in [0.717, 1.165) is 42.4 Å². The molecule has 1 aromatic carbocycles. The van der Waals surface area contributed by atoms with Crippen LogP contribution in [0, 0.1) is 6.92 Å². The minimum Gasteiger partial charge on any atom is -0.507 e. The molecule has 1 aliphatic rings. The number of nitrogens with one attached hydrogen (secondary N) is 1. The van der Waals surface area contributed by atoms with Gasteiger partial charge in [-0.3, -0.25) is 9.48 Å². The maximum absolute atomic E-state index is 13.0. The Morgan fingerprint density at radius 3 is 2.79 bits per heavy atom. The second-order valence-corrected chi connectivity index (χ2v) is 7.78. The van der Waals surface area contributed by atoms with Gasteiger partial charge in [0.15, 0.2) is 0 Å². The highest BCUT2D eigenvalue weighted by Gasteiger charge is 2.18. The fourth-order valence-corrected chi connectivity index (χ4v) is 4.30. The van der Waals surface area contributed by atoms with Gasteiger partial charge in [-0.1, -0.05) is 0 Å². The van der Waals surface area contributed by atoms with E-state index < -0.39 is 0 Å². The van der Waals surface area contributed by atoms with Gasteiger partial charge in [-0.2, -0.15) is 5.10 Å². The Balaban J connectivity index is 1.63. The molecule has 148 valence electrons. The number of rotatable bonds is 2. The molecule has 0 unspecified atom stereocenters. The molecule has 1 aliphatic heterocycles. The van der Waals surface area contributed by atoms with Crippen molar-refractivity contribution in [1.29, 1.82) is 0 Å². The van der Waals surface area contributed by atoms with Crippen LogP contribution in [0.1, 0.15) is 24.4 Å². The van der Waals surface area contributed by atoms with Crippen LogP contribution in [0.15, 0.2) is 41.5 Å². The molecule has 1 saturated heterocycles. The van der Waals surface area contributed by atoms with E-state index in [1.807, 2.05) is 55.2 Å². The molecule has 0 bridgehead atoms. The van der Waals surface area contributed by atoms with Gasteiger partial charge < -0.3 is 15.0 Å². The summed E-state index contributed by atoms with van der Waals surface area (Å²) in [5.74, 6) is 0.172. The molecule has 7 heteroatoms. The topological polar surface area (TPSA) is 85.0 Å². The zero-order valence-corrected chi connectivity index (χ0v) is 16.5. The number of phenolic OH excluding ortho intramolecular Hbond substituents is 1. The summed E-state index contributed by atoms with van der Waals surface area (Å²) in [6.07, 6.45) is 5.68. The van der Waals surface area contributed by atoms with Crippen molar-refractivity contribution in [2.45, 2.75) is 25.8 Å². The summed E-state index contributed by atoms with van der Waals surface area (Å²) in [5, 5.41) is 20.0. The largest absolute Gasteiger partial charge is 0.507 e. The molecule has 4 aromatic rings. The molecule has 5 rings (SSSR count). The smallest absolute Gasteiger partial charge is 0.260 e. The van der Waals surface area contributed by atoms with Crippen LogP contribution in [0.3, 0.4) is 0 Å². The van der Waals surface area contributed by atoms with Crippen molar-refractivity contribution < 1.29 is 5.11 Å². The number of nitrogens with zero attached hydrogens (tertiary/aromatic N) is 4. The van der Waals surface area contributed by atoms with Crippen LogP contribution >= 0.6 is 0 Å². The van der Waals surface area contributed by atoms with E-state index in [1.54, 1.807) is 4.68 Å². The predicted molar refractivity (Wildman–Crippen MR) is 113 cm³/mol. The number of benzene rings is 1. The molecule has 0 radical (unpaired) electrons. The van der Waals surface area contributed by atoms with Gasteiger partial charge in [0.1, 0.15) is 5.75 Å². The third-order valence-electron chi connectivity index (χ3n) is 5.88. The minimum atomic E-state index is -0.00318. The number of aryl methyl sites for hydroxylation is 2. The number of phenols is 1. The molecule has 3 aromatic heterocycles. The van der Waals surface area contributed by atoms with Crippen molar-refractivity contribution in [2.24, 2.45) is 7.05 Å². The fourth-order valence-electron chi connectivity index (χ4n) is 4.30. The fraction of sp³-hybridized carbons (Fsp3) is 0.318. The Labute approximate surface area is 167 Å². The van der Waals surface area contributed by atoms with Gasteiger partial charge in [0.25, 0.3) is 5.56 Å². The van der Waals surface area contributed by atoms with Gasteiger partial charge in [0, 0.05) is 42.0 Å². The average molecular weight is 389 g/mol. The molecule has 2 N–H and O–H groups in total. The van der Waals surface area contributed by atoms with E-state index >= 15 is 0 Å². The van der Waals surface area contributed by atoms with Crippen LogP contribution in [-0.2, 0) is 7.05 Å². The number of pyridine rings is 2. The summed E-state index contributed by atoms with van der Waals surface area (Å²) in [4.78, 5) is 17.7. The summed E-state index contributed by atoms with van der Waals surface area (Å²) in [5.41, 5.74) is 3.42. The first kappa shape index (κ1) is 17.9. The molecule has 29 heavy (non-hydrogen) atoms. The first-order valence-electron chi connectivity index (χ1n) is 9.92. The molecule has 0 atom stereocenters. The van der Waals surface area contributed by atoms with Crippen LogP contribution in [0.2, 0.25) is 0 Å². The monoisotopic (exact) mass is 389 g/mol.